The molecule has 2 nitrogen and oxygen atoms in total. The molecule has 0 bridgehead atoms. The maximum Gasteiger partial charge on any atom is 0.136 e. The number of hydrogen-bond acceptors (Lipinski definition) is 2. The molecule has 12 aromatic rings. The lowest BCUT2D eigenvalue weighted by atomic mass is 9.83. The van der Waals surface area contributed by atoms with Crippen LogP contribution in [0.3, 0.4) is 0 Å². The van der Waals surface area contributed by atoms with Crippen LogP contribution in [0, 0.1) is 13.8 Å². The number of anilines is 3. The monoisotopic (exact) mass is 765 g/mol. The molecule has 0 aliphatic rings. The Morgan fingerprint density at radius 3 is 1.20 bits per heavy atom. The zero-order chi connectivity index (χ0) is 39.9. The summed E-state index contributed by atoms with van der Waals surface area (Å²) in [6.07, 6.45) is 0. The largest absolute Gasteiger partial charge is 0.456 e. The van der Waals surface area contributed by atoms with Crippen LogP contribution in [0.4, 0.5) is 17.1 Å². The van der Waals surface area contributed by atoms with Gasteiger partial charge in [-0.05, 0) is 115 Å². The van der Waals surface area contributed by atoms with E-state index < -0.39 is 0 Å². The zero-order valence-electron chi connectivity index (χ0n) is 33.4. The van der Waals surface area contributed by atoms with Crippen LogP contribution < -0.4 is 4.90 Å². The Labute approximate surface area is 348 Å². The fourth-order valence-electron chi connectivity index (χ4n) is 10.0. The van der Waals surface area contributed by atoms with E-state index in [-0.39, 0.29) is 0 Å². The molecule has 12 rings (SSSR count). The molecule has 0 saturated carbocycles. The number of hydrogen-bond donors (Lipinski definition) is 0. The smallest absolute Gasteiger partial charge is 0.136 e. The Hall–Kier alpha value is -7.68. The van der Waals surface area contributed by atoms with Crippen LogP contribution in [0.1, 0.15) is 11.1 Å². The van der Waals surface area contributed by atoms with Gasteiger partial charge in [0, 0.05) is 26.9 Å². The average Bonchev–Trinajstić information content (AvgIpc) is 3.69. The summed E-state index contributed by atoms with van der Waals surface area (Å²) in [7, 11) is 0. The summed E-state index contributed by atoms with van der Waals surface area (Å²) in [6, 6.07) is 73.3. The van der Waals surface area contributed by atoms with Crippen molar-refractivity contribution in [3.63, 3.8) is 0 Å². The van der Waals surface area contributed by atoms with E-state index in [1.54, 1.807) is 0 Å². The number of furan rings is 1. The van der Waals surface area contributed by atoms with Crippen LogP contribution in [0.25, 0.3) is 98.1 Å². The third kappa shape index (κ3) is 5.07. The molecule has 282 valence electrons. The first-order valence-corrected chi connectivity index (χ1v) is 20.8. The van der Waals surface area contributed by atoms with Crippen molar-refractivity contribution in [3.8, 4) is 22.3 Å². The Morgan fingerprint density at radius 1 is 0.283 bits per heavy atom. The molecule has 0 amide bonds. The lowest BCUT2D eigenvalue weighted by Crippen LogP contribution is -2.12. The minimum Gasteiger partial charge on any atom is -0.456 e. The van der Waals surface area contributed by atoms with Crippen LogP contribution in [0.2, 0.25) is 0 Å². The lowest BCUT2D eigenvalue weighted by Gasteiger charge is -2.30. The molecular weight excluding hydrogens is 727 g/mol. The predicted molar refractivity (Wildman–Crippen MR) is 256 cm³/mol. The maximum absolute atomic E-state index is 6.43. The van der Waals surface area contributed by atoms with E-state index in [1.165, 1.54) is 87.2 Å². The Bertz CT molecular complexity index is 3560. The summed E-state index contributed by atoms with van der Waals surface area (Å²) in [5.41, 5.74) is 12.7. The summed E-state index contributed by atoms with van der Waals surface area (Å²) < 4.78 is 6.43. The van der Waals surface area contributed by atoms with Gasteiger partial charge in [-0.3, -0.25) is 0 Å². The van der Waals surface area contributed by atoms with Crippen molar-refractivity contribution in [2.75, 3.05) is 4.90 Å². The lowest BCUT2D eigenvalue weighted by molar-refractivity contribution is 0.669. The molecule has 0 spiro atoms. The summed E-state index contributed by atoms with van der Waals surface area (Å²) >= 11 is 0. The fraction of sp³-hybridized carbons (Fsp3) is 0.0345. The van der Waals surface area contributed by atoms with Crippen molar-refractivity contribution in [3.05, 3.63) is 211 Å². The van der Waals surface area contributed by atoms with Gasteiger partial charge in [0.1, 0.15) is 11.2 Å². The fourth-order valence-corrected chi connectivity index (χ4v) is 10.0. The molecule has 0 N–H and O–H groups in total. The molecule has 0 aliphatic carbocycles. The molecule has 2 heteroatoms. The van der Waals surface area contributed by atoms with Crippen LogP contribution in [-0.4, -0.2) is 0 Å². The van der Waals surface area contributed by atoms with Gasteiger partial charge in [-0.15, -0.1) is 0 Å². The second-order valence-corrected chi connectivity index (χ2v) is 16.0. The van der Waals surface area contributed by atoms with Crippen LogP contribution in [0.15, 0.2) is 205 Å². The van der Waals surface area contributed by atoms with E-state index in [0.29, 0.717) is 0 Å². The summed E-state index contributed by atoms with van der Waals surface area (Å²) in [6.45, 7) is 4.42. The van der Waals surface area contributed by atoms with E-state index in [1.807, 2.05) is 6.07 Å². The maximum atomic E-state index is 6.43. The number of rotatable bonds is 5. The highest BCUT2D eigenvalue weighted by Gasteiger charge is 2.24. The zero-order valence-corrected chi connectivity index (χ0v) is 33.4. The number of nitrogens with zero attached hydrogens (tertiary/aromatic N) is 1. The molecule has 11 aromatic carbocycles. The molecular formula is C58H39NO. The standard InChI is InChI=1S/C58H39NO/c1-36-30-33-51(41-19-6-3-16-38(36)41)59(52-34-31-37(2)39-17-4-7-20-42(39)52)53-35-32-48(40-18-5-8-21-43(40)53)56-44-22-9-11-24-46(44)57(47-25-12-10-23-45(47)56)50-27-15-29-55-58(50)49-26-13-14-28-54(49)60-55/h3-35H,1-2H3. The van der Waals surface area contributed by atoms with Crippen LogP contribution >= 0.6 is 0 Å². The summed E-state index contributed by atoms with van der Waals surface area (Å²) in [5.74, 6) is 0. The topological polar surface area (TPSA) is 16.4 Å². The van der Waals surface area contributed by atoms with E-state index >= 15 is 0 Å². The van der Waals surface area contributed by atoms with Gasteiger partial charge in [-0.25, -0.2) is 0 Å². The third-order valence-corrected chi connectivity index (χ3v) is 12.7. The van der Waals surface area contributed by atoms with Crippen LogP contribution in [0.5, 0.6) is 0 Å². The van der Waals surface area contributed by atoms with Gasteiger partial charge in [0.25, 0.3) is 0 Å². The van der Waals surface area contributed by atoms with E-state index in [4.69, 9.17) is 4.42 Å². The van der Waals surface area contributed by atoms with Crippen LogP contribution in [-0.2, 0) is 0 Å². The van der Waals surface area contributed by atoms with Gasteiger partial charge in [0.05, 0.1) is 17.1 Å². The second-order valence-electron chi connectivity index (χ2n) is 16.0. The van der Waals surface area contributed by atoms with Crippen molar-refractivity contribution >= 4 is 92.9 Å². The second kappa shape index (κ2) is 13.4. The molecule has 1 heterocycles. The average molecular weight is 766 g/mol. The minimum absolute atomic E-state index is 0.903. The molecule has 0 radical (unpaired) electrons. The van der Waals surface area contributed by atoms with Crippen molar-refractivity contribution in [1.82, 2.24) is 0 Å². The van der Waals surface area contributed by atoms with Gasteiger partial charge in [0.2, 0.25) is 0 Å². The van der Waals surface area contributed by atoms with Crippen molar-refractivity contribution in [2.45, 2.75) is 13.8 Å². The summed E-state index contributed by atoms with van der Waals surface area (Å²) in [5, 5.41) is 14.5. The summed E-state index contributed by atoms with van der Waals surface area (Å²) in [4.78, 5) is 2.50. The van der Waals surface area contributed by atoms with Crippen molar-refractivity contribution < 1.29 is 4.42 Å². The molecule has 0 atom stereocenters. The van der Waals surface area contributed by atoms with Gasteiger partial charge in [0.15, 0.2) is 0 Å². The Balaban J connectivity index is 1.16. The third-order valence-electron chi connectivity index (χ3n) is 12.7. The predicted octanol–water partition coefficient (Wildman–Crippen LogP) is 16.8. The van der Waals surface area contributed by atoms with Crippen molar-refractivity contribution in [1.29, 1.82) is 0 Å². The number of aryl methyl sites for hydroxylation is 2. The quantitative estimate of drug-likeness (QED) is 0.162. The van der Waals surface area contributed by atoms with Gasteiger partial charge in [-0.1, -0.05) is 170 Å². The highest BCUT2D eigenvalue weighted by molar-refractivity contribution is 6.27. The van der Waals surface area contributed by atoms with Gasteiger partial charge in [-0.2, -0.15) is 0 Å². The molecule has 0 unspecified atom stereocenters. The Kier molecular flexibility index (Phi) is 7.70. The number of para-hydroxylation sites is 1. The highest BCUT2D eigenvalue weighted by Crippen LogP contribution is 2.51. The van der Waals surface area contributed by atoms with E-state index in [9.17, 15) is 0 Å². The molecule has 1 aromatic heterocycles. The van der Waals surface area contributed by atoms with E-state index in [0.717, 1.165) is 39.0 Å². The van der Waals surface area contributed by atoms with Crippen molar-refractivity contribution in [2.24, 2.45) is 0 Å². The first-order valence-electron chi connectivity index (χ1n) is 20.8. The normalized spacial score (nSPS) is 11.8. The molecule has 0 aliphatic heterocycles. The molecule has 0 fully saturated rings. The SMILES string of the molecule is Cc1ccc(N(c2ccc(C)c3ccccc23)c2ccc(-c3c4ccccc4c(-c4cccc5oc6ccccc6c45)c4ccccc34)c3ccccc23)c2ccccc12. The van der Waals surface area contributed by atoms with Gasteiger partial charge < -0.3 is 9.32 Å². The molecule has 60 heavy (non-hydrogen) atoms. The highest BCUT2D eigenvalue weighted by atomic mass is 16.3. The first-order chi connectivity index (χ1) is 29.6. The van der Waals surface area contributed by atoms with E-state index in [2.05, 4.69) is 213 Å². The Morgan fingerprint density at radius 2 is 0.667 bits per heavy atom. The minimum atomic E-state index is 0.903. The molecule has 0 saturated heterocycles. The number of fused-ring (bicyclic) bond motifs is 8. The number of benzene rings is 11. The van der Waals surface area contributed by atoms with Gasteiger partial charge >= 0.3 is 0 Å². The first kappa shape index (κ1) is 34.4.